The molecule has 57 valence electrons. The van der Waals surface area contributed by atoms with Crippen molar-refractivity contribution in [3.8, 4) is 0 Å². The summed E-state index contributed by atoms with van der Waals surface area (Å²) in [7, 11) is 0. The predicted molar refractivity (Wildman–Crippen MR) is 19.6 cm³/mol. The first-order valence-corrected chi connectivity index (χ1v) is 1.02. The Bertz CT molecular complexity index is 78.4. The van der Waals surface area contributed by atoms with Gasteiger partial charge < -0.3 is 0 Å². The van der Waals surface area contributed by atoms with E-state index in [0.717, 1.165) is 0 Å². The van der Waals surface area contributed by atoms with Gasteiger partial charge >= 0.3 is 75.4 Å². The van der Waals surface area contributed by atoms with Crippen molar-refractivity contribution in [2.75, 3.05) is 0 Å². The molecule has 0 rings (SSSR count). The maximum atomic E-state index is 7.50. The smallest absolute Gasteiger partial charge is 0 e. The summed E-state index contributed by atoms with van der Waals surface area (Å²) in [6, 6.07) is 0. The van der Waals surface area contributed by atoms with Crippen LogP contribution in [0.5, 0.6) is 0 Å². The summed E-state index contributed by atoms with van der Waals surface area (Å²) in [6.07, 6.45) is 0. The molecular formula is C5LiMnO5+. The van der Waals surface area contributed by atoms with Crippen LogP contribution < -0.4 is 18.9 Å². The van der Waals surface area contributed by atoms with Crippen LogP contribution >= 0.6 is 0 Å². The minimum Gasteiger partial charge on any atom is 0 e. The van der Waals surface area contributed by atoms with Crippen molar-refractivity contribution in [1.29, 1.82) is 0 Å². The van der Waals surface area contributed by atoms with E-state index in [-0.39, 0.29) is 35.9 Å². The van der Waals surface area contributed by atoms with E-state index in [9.17, 15) is 0 Å². The van der Waals surface area contributed by atoms with E-state index in [4.69, 9.17) is 23.3 Å². The molecule has 0 N–H and O–H groups in total. The van der Waals surface area contributed by atoms with Gasteiger partial charge in [0.25, 0.3) is 0 Å². The molecule has 0 bridgehead atoms. The van der Waals surface area contributed by atoms with Gasteiger partial charge in [0.05, 0.1) is 0 Å². The van der Waals surface area contributed by atoms with Crippen LogP contribution in [0.2, 0.25) is 0 Å². The molecule has 1 radical (unpaired) electrons. The Labute approximate surface area is 92.5 Å². The summed E-state index contributed by atoms with van der Waals surface area (Å²) in [5, 5.41) is 0. The maximum Gasteiger partial charge on any atom is 1.00 e. The zero-order valence-electron chi connectivity index (χ0n) is 5.92. The molecule has 0 fully saturated rings. The van der Waals surface area contributed by atoms with Crippen LogP contribution in [0, 0.1) is 33.3 Å². The van der Waals surface area contributed by atoms with E-state index in [1.54, 1.807) is 0 Å². The SMILES string of the molecule is [C-]#[O+].[C-]#[O+].[C-]#[O+].[C-]#[O+].[C-]#[O+].[Li+].[Mn]. The molecule has 0 saturated heterocycles. The Hall–Kier alpha value is -0.183. The second-order valence-electron chi connectivity index (χ2n) is 0. The third-order valence-electron chi connectivity index (χ3n) is 0. The summed E-state index contributed by atoms with van der Waals surface area (Å²) in [5.41, 5.74) is 0. The molecule has 7 heteroatoms. The fourth-order valence-electron chi connectivity index (χ4n) is 0. The summed E-state index contributed by atoms with van der Waals surface area (Å²) in [4.78, 5) is 0. The molecule has 0 aromatic rings. The van der Waals surface area contributed by atoms with Gasteiger partial charge in [0.15, 0.2) is 0 Å². The van der Waals surface area contributed by atoms with Crippen LogP contribution in [0.3, 0.4) is 0 Å². The molecule has 0 saturated carbocycles. The zero-order valence-corrected chi connectivity index (χ0v) is 7.10. The summed E-state index contributed by atoms with van der Waals surface area (Å²) < 4.78 is 37.5. The molecule has 0 heterocycles. The second-order valence-corrected chi connectivity index (χ2v) is 0. The van der Waals surface area contributed by atoms with Crippen molar-refractivity contribution in [2.24, 2.45) is 0 Å². The first-order valence-electron chi connectivity index (χ1n) is 1.02. The molecule has 0 spiro atoms. The summed E-state index contributed by atoms with van der Waals surface area (Å²) in [5.74, 6) is 0. The van der Waals surface area contributed by atoms with Gasteiger partial charge in [-0.15, -0.1) is 0 Å². The molecular weight excluding hydrogens is 202 g/mol. The molecule has 12 heavy (non-hydrogen) atoms. The quantitative estimate of drug-likeness (QED) is 0.224. The molecule has 0 aliphatic carbocycles. The fraction of sp³-hybridized carbons (Fsp3) is 0. The topological polar surface area (TPSA) is 99.5 Å². The van der Waals surface area contributed by atoms with Crippen LogP contribution in [-0.4, -0.2) is 0 Å². The van der Waals surface area contributed by atoms with E-state index in [2.05, 4.69) is 33.3 Å². The largest absolute Gasteiger partial charge is 1.00 e. The van der Waals surface area contributed by atoms with Crippen LogP contribution in [0.4, 0.5) is 0 Å². The van der Waals surface area contributed by atoms with Crippen molar-refractivity contribution in [1.82, 2.24) is 0 Å². The molecule has 0 amide bonds. The van der Waals surface area contributed by atoms with Crippen LogP contribution in [-0.2, 0) is 40.3 Å². The molecule has 5 nitrogen and oxygen atoms in total. The van der Waals surface area contributed by atoms with Crippen LogP contribution in [0.1, 0.15) is 0 Å². The van der Waals surface area contributed by atoms with Crippen molar-refractivity contribution >= 4 is 0 Å². The molecule has 0 unspecified atom stereocenters. The first kappa shape index (κ1) is 59.6. The molecule has 0 aromatic heterocycles. The van der Waals surface area contributed by atoms with E-state index in [1.807, 2.05) is 0 Å². The third kappa shape index (κ3) is 22800. The average molecular weight is 202 g/mol. The van der Waals surface area contributed by atoms with E-state index < -0.39 is 0 Å². The van der Waals surface area contributed by atoms with E-state index in [0.29, 0.717) is 0 Å². The van der Waals surface area contributed by atoms with Gasteiger partial charge in [-0.2, -0.15) is 0 Å². The number of hydrogen-bond acceptors (Lipinski definition) is 0. The maximum absolute atomic E-state index is 7.50. The Morgan fingerprint density at radius 3 is 0.417 bits per heavy atom. The average Bonchev–Trinajstić information content (AvgIpc) is 2.20. The van der Waals surface area contributed by atoms with Crippen molar-refractivity contribution < 1.29 is 59.2 Å². The van der Waals surface area contributed by atoms with Gasteiger partial charge in [-0.3, -0.25) is 0 Å². The fourth-order valence-corrected chi connectivity index (χ4v) is 0. The molecule has 0 aliphatic heterocycles. The van der Waals surface area contributed by atoms with Crippen molar-refractivity contribution in [3.05, 3.63) is 33.3 Å². The van der Waals surface area contributed by atoms with Gasteiger partial charge in [-0.05, 0) is 0 Å². The Kier molecular flexibility index (Phi) is 154000. The Balaban J connectivity index is -0.00000000500. The normalized spacial score (nSPS) is 0.833. The van der Waals surface area contributed by atoms with Gasteiger partial charge in [-0.25, -0.2) is 0 Å². The predicted octanol–water partition coefficient (Wildman–Crippen LogP) is -3.19. The van der Waals surface area contributed by atoms with Gasteiger partial charge in [0, 0.05) is 17.1 Å². The Morgan fingerprint density at radius 2 is 0.417 bits per heavy atom. The monoisotopic (exact) mass is 202 g/mol. The van der Waals surface area contributed by atoms with Crippen LogP contribution in [0.25, 0.3) is 0 Å². The summed E-state index contributed by atoms with van der Waals surface area (Å²) in [6.45, 7) is 22.5. The van der Waals surface area contributed by atoms with Gasteiger partial charge in [-0.1, -0.05) is 0 Å². The van der Waals surface area contributed by atoms with Crippen molar-refractivity contribution in [3.63, 3.8) is 0 Å². The standard InChI is InChI=1S/5CO.Li.Mn/c5*1-2;;/q;;;;;+1;. The van der Waals surface area contributed by atoms with Crippen LogP contribution in [0.15, 0.2) is 0 Å². The van der Waals surface area contributed by atoms with Gasteiger partial charge in [0.1, 0.15) is 0 Å². The minimum absolute atomic E-state index is 0. The Morgan fingerprint density at radius 1 is 0.417 bits per heavy atom. The van der Waals surface area contributed by atoms with Crippen molar-refractivity contribution in [2.45, 2.75) is 0 Å². The molecule has 0 atom stereocenters. The molecule has 0 aromatic carbocycles. The number of rotatable bonds is 0. The zero-order chi connectivity index (χ0) is 10.0. The molecule has 0 aliphatic rings. The van der Waals surface area contributed by atoms with E-state index >= 15 is 0 Å². The number of hydrogen-bond donors (Lipinski definition) is 0. The van der Waals surface area contributed by atoms with E-state index in [1.165, 1.54) is 0 Å². The third-order valence-corrected chi connectivity index (χ3v) is 0. The minimum atomic E-state index is 0. The second kappa shape index (κ2) is 31100. The first-order chi connectivity index (χ1) is 5.00. The van der Waals surface area contributed by atoms with Gasteiger partial charge in [0.2, 0.25) is 0 Å². The summed E-state index contributed by atoms with van der Waals surface area (Å²) >= 11 is 0.